The van der Waals surface area contributed by atoms with Gasteiger partial charge in [-0.2, -0.15) is 0 Å². The van der Waals surface area contributed by atoms with Crippen molar-refractivity contribution >= 4 is 5.91 Å². The quantitative estimate of drug-likeness (QED) is 0.0327. The number of carbonyl (C=O) groups excluding carboxylic acids is 1. The summed E-state index contributed by atoms with van der Waals surface area (Å²) in [6.45, 7) is 3.98. The summed E-state index contributed by atoms with van der Waals surface area (Å²) in [5, 5.41) is 43.5. The van der Waals surface area contributed by atoms with E-state index < -0.39 is 36.9 Å². The highest BCUT2D eigenvalue weighted by Gasteiger charge is 2.28. The molecular formula is C44H81NO5. The molecule has 0 radical (unpaired) electrons. The number of amides is 1. The van der Waals surface area contributed by atoms with Gasteiger partial charge in [0.25, 0.3) is 0 Å². The number of aliphatic hydroxyl groups excluding tert-OH is 4. The van der Waals surface area contributed by atoms with Gasteiger partial charge >= 0.3 is 0 Å². The van der Waals surface area contributed by atoms with Crippen LogP contribution in [0, 0.1) is 0 Å². The van der Waals surface area contributed by atoms with Crippen LogP contribution in [0.3, 0.4) is 0 Å². The van der Waals surface area contributed by atoms with Crippen molar-refractivity contribution in [2.24, 2.45) is 0 Å². The minimum atomic E-state index is -1.29. The normalized spacial score (nSPS) is 14.8. The molecule has 4 unspecified atom stereocenters. The lowest BCUT2D eigenvalue weighted by molar-refractivity contribution is -0.132. The van der Waals surface area contributed by atoms with E-state index in [9.17, 15) is 25.2 Å². The predicted molar refractivity (Wildman–Crippen MR) is 214 cm³/mol. The SMILES string of the molecule is CCCC/C=C/CC/C=C/CC/C=C/CCCC(O)C(O)C(CO)NC(=O)C(O)CCCCCCCC/C=C\CCCCCCCCCCC. The second-order valence-electron chi connectivity index (χ2n) is 14.3. The Labute approximate surface area is 309 Å². The summed E-state index contributed by atoms with van der Waals surface area (Å²) in [5.41, 5.74) is 0. The third-order valence-electron chi connectivity index (χ3n) is 9.47. The molecular weight excluding hydrogens is 622 g/mol. The Balaban J connectivity index is 3.85. The van der Waals surface area contributed by atoms with Crippen LogP contribution < -0.4 is 5.32 Å². The molecule has 0 aromatic carbocycles. The largest absolute Gasteiger partial charge is 0.394 e. The molecule has 0 aliphatic heterocycles. The maximum Gasteiger partial charge on any atom is 0.249 e. The minimum absolute atomic E-state index is 0.350. The van der Waals surface area contributed by atoms with Crippen LogP contribution >= 0.6 is 0 Å². The standard InChI is InChI=1S/C44H81NO5/c1-3-5-7-9-11-13-15-17-19-20-21-22-24-26-28-30-32-34-36-38-42(48)44(50)45-40(39-46)43(49)41(47)37-35-33-31-29-27-25-23-18-16-14-12-10-8-6-4-2/h10,12,18,21-23,29,31,40-43,46-49H,3-9,11,13-17,19-20,24-28,30,32-39H2,1-2H3,(H,45,50)/b12-10+,22-21-,23-18+,31-29+. The highest BCUT2D eigenvalue weighted by atomic mass is 16.3. The first-order chi connectivity index (χ1) is 24.5. The summed E-state index contributed by atoms with van der Waals surface area (Å²) in [6, 6.07) is -1.01. The smallest absolute Gasteiger partial charge is 0.249 e. The number of allylic oxidation sites excluding steroid dienone is 8. The highest BCUT2D eigenvalue weighted by Crippen LogP contribution is 2.14. The maximum atomic E-state index is 12.5. The number of unbranched alkanes of at least 4 members (excludes halogenated alkanes) is 20. The van der Waals surface area contributed by atoms with E-state index in [2.05, 4.69) is 67.8 Å². The summed E-state index contributed by atoms with van der Waals surface area (Å²) in [4.78, 5) is 12.5. The first-order valence-electron chi connectivity index (χ1n) is 21.0. The molecule has 50 heavy (non-hydrogen) atoms. The van der Waals surface area contributed by atoms with Crippen LogP contribution in [0.1, 0.15) is 194 Å². The van der Waals surface area contributed by atoms with Gasteiger partial charge in [-0.05, 0) is 83.5 Å². The average molecular weight is 704 g/mol. The van der Waals surface area contributed by atoms with Gasteiger partial charge in [0.15, 0.2) is 0 Å². The Morgan fingerprint density at radius 2 is 0.860 bits per heavy atom. The third kappa shape index (κ3) is 32.2. The van der Waals surface area contributed by atoms with Gasteiger partial charge < -0.3 is 25.7 Å². The zero-order chi connectivity index (χ0) is 36.8. The van der Waals surface area contributed by atoms with Crippen LogP contribution in [0.4, 0.5) is 0 Å². The number of hydrogen-bond acceptors (Lipinski definition) is 5. The maximum absolute atomic E-state index is 12.5. The molecule has 0 saturated carbocycles. The highest BCUT2D eigenvalue weighted by molar-refractivity contribution is 5.80. The molecule has 0 aliphatic carbocycles. The molecule has 0 aromatic heterocycles. The molecule has 0 heterocycles. The van der Waals surface area contributed by atoms with E-state index in [-0.39, 0.29) is 0 Å². The van der Waals surface area contributed by atoms with E-state index in [1.807, 2.05) is 0 Å². The van der Waals surface area contributed by atoms with Crippen molar-refractivity contribution in [1.29, 1.82) is 0 Å². The monoisotopic (exact) mass is 704 g/mol. The van der Waals surface area contributed by atoms with Gasteiger partial charge in [-0.25, -0.2) is 0 Å². The van der Waals surface area contributed by atoms with Gasteiger partial charge in [0.05, 0.1) is 18.8 Å². The summed E-state index contributed by atoms with van der Waals surface area (Å²) in [5.74, 6) is -0.607. The van der Waals surface area contributed by atoms with Crippen LogP contribution in [-0.2, 0) is 4.79 Å². The van der Waals surface area contributed by atoms with Gasteiger partial charge in [0, 0.05) is 0 Å². The van der Waals surface area contributed by atoms with E-state index in [0.717, 1.165) is 64.2 Å². The molecule has 0 aliphatic rings. The van der Waals surface area contributed by atoms with Crippen molar-refractivity contribution in [3.63, 3.8) is 0 Å². The fourth-order valence-electron chi connectivity index (χ4n) is 6.06. The molecule has 0 fully saturated rings. The number of nitrogens with one attached hydrogen (secondary N) is 1. The number of hydrogen-bond donors (Lipinski definition) is 5. The van der Waals surface area contributed by atoms with Crippen molar-refractivity contribution in [2.45, 2.75) is 218 Å². The summed E-state index contributed by atoms with van der Waals surface area (Å²) < 4.78 is 0. The van der Waals surface area contributed by atoms with Crippen LogP contribution in [-0.4, -0.2) is 57.3 Å². The van der Waals surface area contributed by atoms with Crippen LogP contribution in [0.5, 0.6) is 0 Å². The van der Waals surface area contributed by atoms with Crippen molar-refractivity contribution in [2.75, 3.05) is 6.61 Å². The molecule has 0 rings (SSSR count). The summed E-state index contributed by atoms with van der Waals surface area (Å²) >= 11 is 0. The van der Waals surface area contributed by atoms with Gasteiger partial charge in [-0.1, -0.05) is 159 Å². The number of carbonyl (C=O) groups is 1. The fourth-order valence-corrected chi connectivity index (χ4v) is 6.06. The van der Waals surface area contributed by atoms with E-state index in [4.69, 9.17) is 0 Å². The van der Waals surface area contributed by atoms with Gasteiger partial charge in [0.2, 0.25) is 5.91 Å². The number of aliphatic hydroxyl groups is 4. The summed E-state index contributed by atoms with van der Waals surface area (Å²) in [7, 11) is 0. The Morgan fingerprint density at radius 1 is 0.480 bits per heavy atom. The lowest BCUT2D eigenvalue weighted by atomic mass is 10.00. The van der Waals surface area contributed by atoms with Crippen molar-refractivity contribution in [3.05, 3.63) is 48.6 Å². The fraction of sp³-hybridized carbons (Fsp3) is 0.795. The predicted octanol–water partition coefficient (Wildman–Crippen LogP) is 10.7. The van der Waals surface area contributed by atoms with Crippen LogP contribution in [0.2, 0.25) is 0 Å². The number of rotatable bonds is 37. The topological polar surface area (TPSA) is 110 Å². The second kappa shape index (κ2) is 38.5. The Kier molecular flexibility index (Phi) is 37.2. The molecule has 6 nitrogen and oxygen atoms in total. The van der Waals surface area contributed by atoms with E-state index in [1.165, 1.54) is 96.3 Å². The first kappa shape index (κ1) is 48.3. The zero-order valence-electron chi connectivity index (χ0n) is 32.6. The average Bonchev–Trinajstić information content (AvgIpc) is 3.12. The first-order valence-corrected chi connectivity index (χ1v) is 21.0. The van der Waals surface area contributed by atoms with E-state index in [0.29, 0.717) is 19.3 Å². The van der Waals surface area contributed by atoms with Gasteiger partial charge in [-0.3, -0.25) is 4.79 Å². The third-order valence-corrected chi connectivity index (χ3v) is 9.47. The van der Waals surface area contributed by atoms with Crippen molar-refractivity contribution < 1.29 is 25.2 Å². The van der Waals surface area contributed by atoms with Crippen LogP contribution in [0.15, 0.2) is 48.6 Å². The van der Waals surface area contributed by atoms with E-state index in [1.54, 1.807) is 0 Å². The Hall–Kier alpha value is -1.73. The minimum Gasteiger partial charge on any atom is -0.394 e. The molecule has 0 bridgehead atoms. The van der Waals surface area contributed by atoms with Crippen LogP contribution in [0.25, 0.3) is 0 Å². The Bertz CT molecular complexity index is 838. The zero-order valence-corrected chi connectivity index (χ0v) is 32.6. The van der Waals surface area contributed by atoms with Gasteiger partial charge in [0.1, 0.15) is 12.2 Å². The molecule has 0 saturated heterocycles. The lowest BCUT2D eigenvalue weighted by Gasteiger charge is -2.27. The molecule has 292 valence electrons. The summed E-state index contributed by atoms with van der Waals surface area (Å²) in [6.07, 6.45) is 45.6. The molecule has 0 aromatic rings. The molecule has 0 spiro atoms. The molecule has 1 amide bonds. The van der Waals surface area contributed by atoms with Gasteiger partial charge in [-0.15, -0.1) is 0 Å². The van der Waals surface area contributed by atoms with E-state index >= 15 is 0 Å². The molecule has 4 atom stereocenters. The van der Waals surface area contributed by atoms with Crippen molar-refractivity contribution in [1.82, 2.24) is 5.32 Å². The molecule has 5 N–H and O–H groups in total. The second-order valence-corrected chi connectivity index (χ2v) is 14.3. The lowest BCUT2D eigenvalue weighted by Crippen LogP contribution is -2.53. The Morgan fingerprint density at radius 3 is 1.32 bits per heavy atom. The molecule has 6 heteroatoms. The van der Waals surface area contributed by atoms with Crippen molar-refractivity contribution in [3.8, 4) is 0 Å².